The predicted octanol–water partition coefficient (Wildman–Crippen LogP) is 4.00. The topological polar surface area (TPSA) is 80.9 Å². The molecular weight excluding hydrogens is 369 g/mol. The van der Waals surface area contributed by atoms with E-state index in [4.69, 9.17) is 0 Å². The number of carbonyl (C=O) groups is 1. The molecule has 1 aromatic carbocycles. The van der Waals surface area contributed by atoms with E-state index in [-0.39, 0.29) is 12.1 Å². The van der Waals surface area contributed by atoms with Gasteiger partial charge in [0.15, 0.2) is 5.69 Å². The molecule has 10 heteroatoms. The highest BCUT2D eigenvalue weighted by molar-refractivity contribution is 7.16. The standard InChI is InChI=1S/C16H13F3N4O2S/c1-8-13(23-25-22-8)14(24)21-15-9(2)20-12(26-15)7-10-4-3-5-11(6-10)16(17,18)19/h3-6H,7H2,1-2H3,(H,21,24). The van der Waals surface area contributed by atoms with E-state index >= 15 is 0 Å². The van der Waals surface area contributed by atoms with Gasteiger partial charge in [0.2, 0.25) is 0 Å². The fourth-order valence-corrected chi connectivity index (χ4v) is 3.27. The maximum atomic E-state index is 12.8. The third-order valence-electron chi connectivity index (χ3n) is 3.55. The quantitative estimate of drug-likeness (QED) is 0.738. The largest absolute Gasteiger partial charge is 0.416 e. The zero-order valence-corrected chi connectivity index (χ0v) is 14.5. The van der Waals surface area contributed by atoms with Gasteiger partial charge in [0, 0.05) is 6.42 Å². The van der Waals surface area contributed by atoms with Crippen LogP contribution in [0.5, 0.6) is 0 Å². The van der Waals surface area contributed by atoms with Gasteiger partial charge in [-0.1, -0.05) is 23.4 Å². The molecule has 136 valence electrons. The van der Waals surface area contributed by atoms with Gasteiger partial charge in [0.05, 0.1) is 16.3 Å². The first-order chi connectivity index (χ1) is 12.2. The first-order valence-electron chi connectivity index (χ1n) is 7.47. The molecule has 2 heterocycles. The molecule has 3 rings (SSSR count). The van der Waals surface area contributed by atoms with Crippen LogP contribution >= 0.6 is 11.3 Å². The van der Waals surface area contributed by atoms with E-state index in [0.29, 0.717) is 27.0 Å². The van der Waals surface area contributed by atoms with Gasteiger partial charge in [-0.25, -0.2) is 9.61 Å². The van der Waals surface area contributed by atoms with Gasteiger partial charge in [-0.2, -0.15) is 13.2 Å². The molecule has 0 radical (unpaired) electrons. The second-order valence-electron chi connectivity index (χ2n) is 5.55. The highest BCUT2D eigenvalue weighted by Crippen LogP contribution is 2.31. The molecule has 0 saturated heterocycles. The number of aromatic nitrogens is 3. The second kappa shape index (κ2) is 6.87. The van der Waals surface area contributed by atoms with Crippen molar-refractivity contribution in [1.82, 2.24) is 15.3 Å². The Bertz CT molecular complexity index is 949. The summed E-state index contributed by atoms with van der Waals surface area (Å²) in [6.07, 6.45) is -4.16. The number of rotatable bonds is 4. The number of halogens is 3. The molecule has 0 saturated carbocycles. The molecule has 0 aliphatic heterocycles. The first kappa shape index (κ1) is 18.1. The summed E-state index contributed by atoms with van der Waals surface area (Å²) in [5, 5.41) is 10.8. The molecule has 0 bridgehead atoms. The molecule has 0 fully saturated rings. The average Bonchev–Trinajstić information content (AvgIpc) is 3.13. The fraction of sp³-hybridized carbons (Fsp3) is 0.250. The van der Waals surface area contributed by atoms with E-state index in [1.165, 1.54) is 17.4 Å². The number of hydrogen-bond donors (Lipinski definition) is 1. The summed E-state index contributed by atoms with van der Waals surface area (Å²) >= 11 is 1.20. The number of aryl methyl sites for hydroxylation is 2. The summed E-state index contributed by atoms with van der Waals surface area (Å²) in [6, 6.07) is 5.09. The normalized spacial score (nSPS) is 11.6. The summed E-state index contributed by atoms with van der Waals surface area (Å²) < 4.78 is 42.9. The van der Waals surface area contributed by atoms with Crippen LogP contribution in [0, 0.1) is 13.8 Å². The number of anilines is 1. The molecule has 3 aromatic rings. The van der Waals surface area contributed by atoms with Crippen LogP contribution in [-0.4, -0.2) is 21.2 Å². The van der Waals surface area contributed by atoms with Crippen molar-refractivity contribution >= 4 is 22.2 Å². The minimum absolute atomic E-state index is 0.0669. The van der Waals surface area contributed by atoms with Crippen molar-refractivity contribution in [2.45, 2.75) is 26.4 Å². The Kier molecular flexibility index (Phi) is 4.77. The van der Waals surface area contributed by atoms with Crippen molar-refractivity contribution in [2.24, 2.45) is 0 Å². The van der Waals surface area contributed by atoms with Crippen molar-refractivity contribution in [3.05, 3.63) is 57.5 Å². The zero-order chi connectivity index (χ0) is 18.9. The second-order valence-corrected chi connectivity index (χ2v) is 6.63. The van der Waals surface area contributed by atoms with Gasteiger partial charge in [-0.15, -0.1) is 11.3 Å². The Labute approximate surface area is 150 Å². The maximum Gasteiger partial charge on any atom is 0.416 e. The molecule has 0 unspecified atom stereocenters. The number of benzene rings is 1. The Morgan fingerprint density at radius 2 is 2.00 bits per heavy atom. The van der Waals surface area contributed by atoms with Crippen LogP contribution in [0.1, 0.15) is 38.0 Å². The molecule has 6 nitrogen and oxygen atoms in total. The van der Waals surface area contributed by atoms with Crippen LogP contribution in [0.3, 0.4) is 0 Å². The van der Waals surface area contributed by atoms with Gasteiger partial charge < -0.3 is 5.32 Å². The maximum absolute atomic E-state index is 12.8. The van der Waals surface area contributed by atoms with E-state index in [2.05, 4.69) is 25.2 Å². The van der Waals surface area contributed by atoms with Gasteiger partial charge in [-0.05, 0) is 30.6 Å². The van der Waals surface area contributed by atoms with Crippen molar-refractivity contribution < 1.29 is 22.6 Å². The van der Waals surface area contributed by atoms with E-state index in [1.807, 2.05) is 0 Å². The fourth-order valence-electron chi connectivity index (χ4n) is 2.28. The highest BCUT2D eigenvalue weighted by Gasteiger charge is 2.30. The molecule has 2 aromatic heterocycles. The number of thiazole rings is 1. The predicted molar refractivity (Wildman–Crippen MR) is 88.1 cm³/mol. The summed E-state index contributed by atoms with van der Waals surface area (Å²) in [7, 11) is 0. The van der Waals surface area contributed by atoms with E-state index in [1.54, 1.807) is 19.9 Å². The lowest BCUT2D eigenvalue weighted by atomic mass is 10.1. The van der Waals surface area contributed by atoms with Crippen LogP contribution in [0.25, 0.3) is 0 Å². The minimum Gasteiger partial charge on any atom is -0.310 e. The molecule has 0 aliphatic rings. The monoisotopic (exact) mass is 382 g/mol. The van der Waals surface area contributed by atoms with Gasteiger partial charge in [0.25, 0.3) is 5.91 Å². The van der Waals surface area contributed by atoms with E-state index in [0.717, 1.165) is 12.1 Å². The van der Waals surface area contributed by atoms with Crippen LogP contribution < -0.4 is 5.32 Å². The SMILES string of the molecule is Cc1nonc1C(=O)Nc1sc(Cc2cccc(C(F)(F)F)c2)nc1C. The van der Waals surface area contributed by atoms with Gasteiger partial charge >= 0.3 is 6.18 Å². The third kappa shape index (κ3) is 3.90. The van der Waals surface area contributed by atoms with E-state index < -0.39 is 17.6 Å². The smallest absolute Gasteiger partial charge is 0.310 e. The summed E-state index contributed by atoms with van der Waals surface area (Å²) in [6.45, 7) is 3.29. The number of alkyl halides is 3. The van der Waals surface area contributed by atoms with Crippen molar-refractivity contribution in [3.63, 3.8) is 0 Å². The minimum atomic E-state index is -4.39. The van der Waals surface area contributed by atoms with Gasteiger partial charge in [-0.3, -0.25) is 4.79 Å². The number of amides is 1. The molecule has 26 heavy (non-hydrogen) atoms. The Balaban J connectivity index is 1.76. The Morgan fingerprint density at radius 3 is 2.65 bits per heavy atom. The lowest BCUT2D eigenvalue weighted by Crippen LogP contribution is -2.13. The molecule has 0 spiro atoms. The summed E-state index contributed by atoms with van der Waals surface area (Å²) in [5.41, 5.74) is 0.777. The molecular formula is C16H13F3N4O2S. The van der Waals surface area contributed by atoms with Gasteiger partial charge in [0.1, 0.15) is 10.7 Å². The van der Waals surface area contributed by atoms with Crippen LogP contribution in [0.2, 0.25) is 0 Å². The summed E-state index contributed by atoms with van der Waals surface area (Å²) in [5.74, 6) is -0.485. The molecule has 0 atom stereocenters. The summed E-state index contributed by atoms with van der Waals surface area (Å²) in [4.78, 5) is 16.5. The van der Waals surface area contributed by atoms with Crippen LogP contribution in [-0.2, 0) is 12.6 Å². The van der Waals surface area contributed by atoms with Crippen LogP contribution in [0.4, 0.5) is 18.2 Å². The molecule has 1 N–H and O–H groups in total. The molecule has 1 amide bonds. The lowest BCUT2D eigenvalue weighted by Gasteiger charge is -2.07. The van der Waals surface area contributed by atoms with E-state index in [9.17, 15) is 18.0 Å². The molecule has 0 aliphatic carbocycles. The first-order valence-corrected chi connectivity index (χ1v) is 8.28. The Morgan fingerprint density at radius 1 is 1.23 bits per heavy atom. The number of carbonyl (C=O) groups excluding carboxylic acids is 1. The number of nitrogens with zero attached hydrogens (tertiary/aromatic N) is 3. The van der Waals surface area contributed by atoms with Crippen molar-refractivity contribution in [2.75, 3.05) is 5.32 Å². The Hall–Kier alpha value is -2.75. The lowest BCUT2D eigenvalue weighted by molar-refractivity contribution is -0.137. The number of nitrogens with one attached hydrogen (secondary N) is 1. The van der Waals surface area contributed by atoms with Crippen molar-refractivity contribution in [1.29, 1.82) is 0 Å². The highest BCUT2D eigenvalue weighted by atomic mass is 32.1. The zero-order valence-electron chi connectivity index (χ0n) is 13.7. The number of hydrogen-bond acceptors (Lipinski definition) is 6. The van der Waals surface area contributed by atoms with Crippen LogP contribution in [0.15, 0.2) is 28.9 Å². The van der Waals surface area contributed by atoms with Crippen molar-refractivity contribution in [3.8, 4) is 0 Å². The average molecular weight is 382 g/mol. The third-order valence-corrected chi connectivity index (χ3v) is 4.62.